The Labute approximate surface area is 354 Å². The molecule has 0 aromatic heterocycles. The number of allylic oxidation sites excluding steroid dienone is 16. The third-order valence-corrected chi connectivity index (χ3v) is 9.56. The number of unbranched alkanes of at least 4 members (excludes halogenated alkanes) is 14. The van der Waals surface area contributed by atoms with Crippen LogP contribution >= 0.6 is 7.82 Å². The van der Waals surface area contributed by atoms with E-state index in [2.05, 4.69) is 110 Å². The molecule has 0 aliphatic carbocycles. The second-order valence-electron chi connectivity index (χ2n) is 14.7. The van der Waals surface area contributed by atoms with E-state index in [-0.39, 0.29) is 19.4 Å². The van der Waals surface area contributed by atoms with Crippen molar-refractivity contribution in [1.29, 1.82) is 0 Å². The smallest absolute Gasteiger partial charge is 0.462 e. The number of phosphoric ester groups is 1. The number of carbonyl (C=O) groups is 2. The van der Waals surface area contributed by atoms with Gasteiger partial charge in [0, 0.05) is 12.8 Å². The molecule has 58 heavy (non-hydrogen) atoms. The molecule has 0 aliphatic rings. The van der Waals surface area contributed by atoms with Gasteiger partial charge in [-0.25, -0.2) is 4.57 Å². The van der Waals surface area contributed by atoms with Crippen LogP contribution in [0.3, 0.4) is 0 Å². The Bertz CT molecular complexity index is 1250. The summed E-state index contributed by atoms with van der Waals surface area (Å²) in [6.07, 6.45) is 59.9. The molecule has 0 spiro atoms. The first-order chi connectivity index (χ1) is 28.3. The number of phosphoric acid groups is 1. The van der Waals surface area contributed by atoms with Crippen LogP contribution in [0.4, 0.5) is 0 Å². The van der Waals surface area contributed by atoms with Gasteiger partial charge in [-0.2, -0.15) is 0 Å². The second-order valence-corrected chi connectivity index (χ2v) is 15.9. The maximum Gasteiger partial charge on any atom is 0.469 e. The predicted octanol–water partition coefficient (Wildman–Crippen LogP) is 14.2. The van der Waals surface area contributed by atoms with Gasteiger partial charge in [0.05, 0.1) is 6.61 Å². The zero-order valence-electron chi connectivity index (χ0n) is 36.4. The fraction of sp³-hybridized carbons (Fsp3) is 0.633. The maximum atomic E-state index is 12.4. The summed E-state index contributed by atoms with van der Waals surface area (Å²) >= 11 is 0. The Morgan fingerprint density at radius 2 is 0.793 bits per heavy atom. The lowest BCUT2D eigenvalue weighted by Gasteiger charge is -2.18. The summed E-state index contributed by atoms with van der Waals surface area (Å²) < 4.78 is 26.4. The molecule has 8 nitrogen and oxygen atoms in total. The quantitative estimate of drug-likeness (QED) is 0.0271. The fourth-order valence-electron chi connectivity index (χ4n) is 5.70. The highest BCUT2D eigenvalue weighted by molar-refractivity contribution is 7.46. The molecule has 0 saturated heterocycles. The summed E-state index contributed by atoms with van der Waals surface area (Å²) in [6, 6.07) is 0. The van der Waals surface area contributed by atoms with Gasteiger partial charge in [-0.3, -0.25) is 14.1 Å². The molecular weight excluding hydrogens is 748 g/mol. The summed E-state index contributed by atoms with van der Waals surface area (Å²) in [5, 5.41) is 0. The molecule has 1 atom stereocenters. The zero-order chi connectivity index (χ0) is 42.5. The fourth-order valence-corrected chi connectivity index (χ4v) is 6.06. The molecule has 0 aromatic rings. The van der Waals surface area contributed by atoms with Crippen LogP contribution in [-0.4, -0.2) is 41.0 Å². The molecule has 0 bridgehead atoms. The van der Waals surface area contributed by atoms with Crippen molar-refractivity contribution in [3.63, 3.8) is 0 Å². The van der Waals surface area contributed by atoms with Crippen LogP contribution in [0.15, 0.2) is 97.2 Å². The van der Waals surface area contributed by atoms with Gasteiger partial charge in [-0.15, -0.1) is 0 Å². The summed E-state index contributed by atoms with van der Waals surface area (Å²) in [6.45, 7) is 3.58. The predicted molar refractivity (Wildman–Crippen MR) is 243 cm³/mol. The minimum atomic E-state index is -4.79. The number of esters is 2. The molecule has 0 rings (SSSR count). The Balaban J connectivity index is 4.08. The number of carbonyl (C=O) groups excluding carboxylic acids is 2. The lowest BCUT2D eigenvalue weighted by atomic mass is 10.1. The minimum Gasteiger partial charge on any atom is -0.462 e. The van der Waals surface area contributed by atoms with E-state index >= 15 is 0 Å². The van der Waals surface area contributed by atoms with E-state index in [1.807, 2.05) is 6.08 Å². The van der Waals surface area contributed by atoms with Crippen LogP contribution in [0.25, 0.3) is 0 Å². The van der Waals surface area contributed by atoms with Crippen LogP contribution in [0.1, 0.15) is 181 Å². The van der Waals surface area contributed by atoms with E-state index in [0.29, 0.717) is 12.8 Å². The van der Waals surface area contributed by atoms with Gasteiger partial charge in [-0.05, 0) is 96.3 Å². The normalized spacial score (nSPS) is 13.4. The van der Waals surface area contributed by atoms with Gasteiger partial charge >= 0.3 is 19.8 Å². The van der Waals surface area contributed by atoms with Gasteiger partial charge in [0.2, 0.25) is 0 Å². The standard InChI is InChI=1S/C49H81O8P/c1-3-5-7-9-11-13-15-17-19-21-23-24-26-27-29-31-33-35-37-39-41-43-48(50)55-45-47(46-56-58(52,53)54)57-49(51)44-42-40-38-36-34-32-30-28-25-22-20-18-16-14-12-10-8-6-4-2/h12,14,18-21,24-26,28-29,31-32,34-35,37,47H,3-11,13,15-17,22-23,27,30,33,36,38-46H2,1-2H3,(H2,52,53,54)/b14-12+,20-18+,21-19+,26-24+,28-25+,31-29+,34-32+,37-35+/t47-/m1/s1. The Morgan fingerprint density at radius 3 is 1.24 bits per heavy atom. The molecule has 330 valence electrons. The second kappa shape index (κ2) is 43.5. The van der Waals surface area contributed by atoms with E-state index in [4.69, 9.17) is 19.3 Å². The highest BCUT2D eigenvalue weighted by atomic mass is 31.2. The number of hydrogen-bond donors (Lipinski definition) is 2. The average Bonchev–Trinajstić information content (AvgIpc) is 3.20. The van der Waals surface area contributed by atoms with Crippen LogP contribution in [0.2, 0.25) is 0 Å². The first-order valence-corrected chi connectivity index (χ1v) is 24.1. The Hall–Kier alpha value is -3.03. The summed E-state index contributed by atoms with van der Waals surface area (Å²) in [7, 11) is -4.79. The number of rotatable bonds is 40. The molecule has 0 saturated carbocycles. The highest BCUT2D eigenvalue weighted by Crippen LogP contribution is 2.36. The van der Waals surface area contributed by atoms with Crippen molar-refractivity contribution in [2.24, 2.45) is 0 Å². The van der Waals surface area contributed by atoms with Crippen molar-refractivity contribution < 1.29 is 37.9 Å². The molecule has 2 N–H and O–H groups in total. The first-order valence-electron chi connectivity index (χ1n) is 22.5. The molecule has 0 amide bonds. The maximum absolute atomic E-state index is 12.4. The van der Waals surface area contributed by atoms with E-state index in [1.165, 1.54) is 77.0 Å². The van der Waals surface area contributed by atoms with Crippen LogP contribution in [0, 0.1) is 0 Å². The molecule has 0 heterocycles. The summed E-state index contributed by atoms with van der Waals surface area (Å²) in [5.74, 6) is -0.994. The molecular formula is C49H81O8P. The van der Waals surface area contributed by atoms with Crippen molar-refractivity contribution in [2.45, 2.75) is 187 Å². The van der Waals surface area contributed by atoms with Gasteiger partial charge in [0.1, 0.15) is 6.61 Å². The van der Waals surface area contributed by atoms with E-state index < -0.39 is 32.5 Å². The monoisotopic (exact) mass is 829 g/mol. The largest absolute Gasteiger partial charge is 0.469 e. The van der Waals surface area contributed by atoms with Crippen LogP contribution in [0.5, 0.6) is 0 Å². The molecule has 0 aliphatic heterocycles. The van der Waals surface area contributed by atoms with Gasteiger partial charge in [0.15, 0.2) is 6.10 Å². The molecule has 0 radical (unpaired) electrons. The highest BCUT2D eigenvalue weighted by Gasteiger charge is 2.22. The molecule has 0 unspecified atom stereocenters. The zero-order valence-corrected chi connectivity index (χ0v) is 37.3. The van der Waals surface area contributed by atoms with Crippen molar-refractivity contribution in [2.75, 3.05) is 13.2 Å². The topological polar surface area (TPSA) is 119 Å². The summed E-state index contributed by atoms with van der Waals surface area (Å²) in [5.41, 5.74) is 0. The van der Waals surface area contributed by atoms with Crippen LogP contribution in [-0.2, 0) is 28.2 Å². The van der Waals surface area contributed by atoms with E-state index in [9.17, 15) is 14.2 Å². The van der Waals surface area contributed by atoms with Crippen molar-refractivity contribution >= 4 is 19.8 Å². The number of hydrogen-bond acceptors (Lipinski definition) is 6. The molecule has 0 fully saturated rings. The SMILES string of the molecule is CCCCC/C=C/C/C=C/C/C=C/C/C=C/CCCCCC(=O)O[C@H](COC(=O)CCC/C=C/C/C=C/C/C=C/C/C=C/CCCCCCCCC)COP(=O)(O)O. The first kappa shape index (κ1) is 55.0. The van der Waals surface area contributed by atoms with Gasteiger partial charge in [0.25, 0.3) is 0 Å². The van der Waals surface area contributed by atoms with Gasteiger partial charge in [-0.1, -0.05) is 169 Å². The van der Waals surface area contributed by atoms with E-state index in [1.54, 1.807) is 0 Å². The Kier molecular flexibility index (Phi) is 41.3. The lowest BCUT2D eigenvalue weighted by Crippen LogP contribution is -2.29. The van der Waals surface area contributed by atoms with Crippen molar-refractivity contribution in [3.05, 3.63) is 97.2 Å². The van der Waals surface area contributed by atoms with Gasteiger partial charge < -0.3 is 19.3 Å². The number of ether oxygens (including phenoxy) is 2. The van der Waals surface area contributed by atoms with Crippen molar-refractivity contribution in [3.8, 4) is 0 Å². The third-order valence-electron chi connectivity index (χ3n) is 9.08. The van der Waals surface area contributed by atoms with E-state index in [0.717, 1.165) is 64.2 Å². The minimum absolute atomic E-state index is 0.157. The Morgan fingerprint density at radius 1 is 0.448 bits per heavy atom. The van der Waals surface area contributed by atoms with Crippen LogP contribution < -0.4 is 0 Å². The van der Waals surface area contributed by atoms with Crippen molar-refractivity contribution in [1.82, 2.24) is 0 Å². The molecule has 9 heteroatoms. The lowest BCUT2D eigenvalue weighted by molar-refractivity contribution is -0.161. The molecule has 0 aromatic carbocycles. The summed E-state index contributed by atoms with van der Waals surface area (Å²) in [4.78, 5) is 42.9. The average molecular weight is 829 g/mol. The third kappa shape index (κ3) is 45.7.